The third-order valence-electron chi connectivity index (χ3n) is 6.14. The zero-order valence-corrected chi connectivity index (χ0v) is 18.3. The van der Waals surface area contributed by atoms with Gasteiger partial charge in [-0.2, -0.15) is 0 Å². The van der Waals surface area contributed by atoms with Crippen molar-refractivity contribution in [3.8, 4) is 0 Å². The number of nitrogens with one attached hydrogen (secondary N) is 1. The lowest BCUT2D eigenvalue weighted by Crippen LogP contribution is -2.52. The summed E-state index contributed by atoms with van der Waals surface area (Å²) in [5, 5.41) is 3.06. The number of carbonyl (C=O) groups is 2. The maximum Gasteiger partial charge on any atom is 0.254 e. The smallest absolute Gasteiger partial charge is 0.254 e. The Balaban J connectivity index is 1.43. The first kappa shape index (κ1) is 21.1. The van der Waals surface area contributed by atoms with Crippen LogP contribution in [0.4, 0.5) is 0 Å². The average Bonchev–Trinajstić information content (AvgIpc) is 3.16. The van der Waals surface area contributed by atoms with E-state index in [0.717, 1.165) is 41.8 Å². The second-order valence-corrected chi connectivity index (χ2v) is 8.13. The van der Waals surface area contributed by atoms with Crippen molar-refractivity contribution in [3.63, 3.8) is 0 Å². The molecule has 0 saturated carbocycles. The number of piperidine rings is 1. The van der Waals surface area contributed by atoms with E-state index in [4.69, 9.17) is 4.98 Å². The molecule has 1 unspecified atom stereocenters. The quantitative estimate of drug-likeness (QED) is 0.663. The van der Waals surface area contributed by atoms with E-state index in [2.05, 4.69) is 22.9 Å². The zero-order valence-electron chi connectivity index (χ0n) is 18.3. The summed E-state index contributed by atoms with van der Waals surface area (Å²) in [7, 11) is 0. The molecule has 0 radical (unpaired) electrons. The van der Waals surface area contributed by atoms with Crippen LogP contribution in [0.25, 0.3) is 11.0 Å². The van der Waals surface area contributed by atoms with E-state index in [0.29, 0.717) is 31.5 Å². The van der Waals surface area contributed by atoms with Gasteiger partial charge in [-0.25, -0.2) is 4.98 Å². The standard InChI is InChI=1S/C25H30N4O2/c1-3-28-21-13-7-6-12-20(21)27-23(28)15-16-26-24(30)22-14-8-9-17-29(22)25(31)19-11-5-4-10-18(19)2/h4-7,10-13,22H,3,8-9,14-17H2,1-2H3,(H,26,30). The second-order valence-electron chi connectivity index (χ2n) is 8.13. The van der Waals surface area contributed by atoms with E-state index < -0.39 is 6.04 Å². The number of nitrogens with zero attached hydrogens (tertiary/aromatic N) is 3. The Morgan fingerprint density at radius 2 is 1.87 bits per heavy atom. The maximum absolute atomic E-state index is 13.1. The number of benzene rings is 2. The fourth-order valence-electron chi connectivity index (χ4n) is 4.50. The minimum Gasteiger partial charge on any atom is -0.354 e. The van der Waals surface area contributed by atoms with Crippen LogP contribution in [-0.4, -0.2) is 45.4 Å². The Hall–Kier alpha value is -3.15. The molecule has 0 bridgehead atoms. The molecule has 1 aliphatic rings. The van der Waals surface area contributed by atoms with Gasteiger partial charge in [0.25, 0.3) is 5.91 Å². The Morgan fingerprint density at radius 3 is 2.68 bits per heavy atom. The van der Waals surface area contributed by atoms with E-state index in [1.165, 1.54) is 0 Å². The van der Waals surface area contributed by atoms with E-state index in [1.807, 2.05) is 49.4 Å². The molecule has 1 atom stereocenters. The van der Waals surface area contributed by atoms with Crippen molar-refractivity contribution in [1.29, 1.82) is 0 Å². The molecule has 2 amide bonds. The summed E-state index contributed by atoms with van der Waals surface area (Å²) in [5.41, 5.74) is 3.72. The molecule has 0 aliphatic carbocycles. The number of hydrogen-bond acceptors (Lipinski definition) is 3. The third-order valence-corrected chi connectivity index (χ3v) is 6.14. The monoisotopic (exact) mass is 418 g/mol. The Labute approximate surface area is 183 Å². The molecule has 1 fully saturated rings. The minimum absolute atomic E-state index is 0.0503. The molecule has 1 N–H and O–H groups in total. The number of aromatic nitrogens is 2. The van der Waals surface area contributed by atoms with Crippen LogP contribution in [-0.2, 0) is 17.8 Å². The first-order valence-corrected chi connectivity index (χ1v) is 11.2. The fourth-order valence-corrected chi connectivity index (χ4v) is 4.50. The van der Waals surface area contributed by atoms with Crippen LogP contribution < -0.4 is 5.32 Å². The Morgan fingerprint density at radius 1 is 1.10 bits per heavy atom. The fraction of sp³-hybridized carbons (Fsp3) is 0.400. The van der Waals surface area contributed by atoms with Crippen molar-refractivity contribution >= 4 is 22.8 Å². The average molecular weight is 419 g/mol. The van der Waals surface area contributed by atoms with Crippen molar-refractivity contribution in [1.82, 2.24) is 19.8 Å². The SMILES string of the molecule is CCn1c(CCNC(=O)C2CCCCN2C(=O)c2ccccc2C)nc2ccccc21. The van der Waals surface area contributed by atoms with Crippen LogP contribution in [0.5, 0.6) is 0 Å². The summed E-state index contributed by atoms with van der Waals surface area (Å²) in [4.78, 5) is 32.6. The predicted molar refractivity (Wildman–Crippen MR) is 122 cm³/mol. The molecule has 1 aromatic heterocycles. The van der Waals surface area contributed by atoms with Gasteiger partial charge in [0.1, 0.15) is 11.9 Å². The maximum atomic E-state index is 13.1. The van der Waals surface area contributed by atoms with Gasteiger partial charge in [-0.1, -0.05) is 30.3 Å². The summed E-state index contributed by atoms with van der Waals surface area (Å²) >= 11 is 0. The van der Waals surface area contributed by atoms with Gasteiger partial charge >= 0.3 is 0 Å². The summed E-state index contributed by atoms with van der Waals surface area (Å²) in [5.74, 6) is 0.854. The van der Waals surface area contributed by atoms with Crippen molar-refractivity contribution in [2.45, 2.75) is 52.1 Å². The van der Waals surface area contributed by atoms with Crippen LogP contribution in [0, 0.1) is 6.92 Å². The lowest BCUT2D eigenvalue weighted by Gasteiger charge is -2.35. The van der Waals surface area contributed by atoms with Crippen LogP contribution in [0.3, 0.4) is 0 Å². The normalized spacial score (nSPS) is 16.5. The van der Waals surface area contributed by atoms with Gasteiger partial charge in [-0.15, -0.1) is 0 Å². The minimum atomic E-state index is -0.411. The highest BCUT2D eigenvalue weighted by Gasteiger charge is 2.32. The molecule has 162 valence electrons. The highest BCUT2D eigenvalue weighted by Crippen LogP contribution is 2.21. The molecule has 6 heteroatoms. The number of imidazole rings is 1. The predicted octanol–water partition coefficient (Wildman–Crippen LogP) is 3.72. The molecule has 1 saturated heterocycles. The first-order valence-electron chi connectivity index (χ1n) is 11.2. The summed E-state index contributed by atoms with van der Waals surface area (Å²) < 4.78 is 2.19. The molecule has 6 nitrogen and oxygen atoms in total. The number of fused-ring (bicyclic) bond motifs is 1. The Bertz CT molecular complexity index is 1090. The Kier molecular flexibility index (Phi) is 6.35. The topological polar surface area (TPSA) is 67.2 Å². The van der Waals surface area contributed by atoms with Gasteiger partial charge in [0.15, 0.2) is 0 Å². The molecule has 31 heavy (non-hydrogen) atoms. The highest BCUT2D eigenvalue weighted by atomic mass is 16.2. The van der Waals surface area contributed by atoms with Gasteiger partial charge in [0.05, 0.1) is 11.0 Å². The van der Waals surface area contributed by atoms with E-state index in [1.54, 1.807) is 4.90 Å². The van der Waals surface area contributed by atoms with Crippen LogP contribution in [0.2, 0.25) is 0 Å². The summed E-state index contributed by atoms with van der Waals surface area (Å²) in [6.45, 7) is 6.01. The molecule has 2 aromatic carbocycles. The number of amides is 2. The number of hydrogen-bond donors (Lipinski definition) is 1. The van der Waals surface area contributed by atoms with Gasteiger partial charge in [0, 0.05) is 31.6 Å². The van der Waals surface area contributed by atoms with Crippen molar-refractivity contribution in [2.75, 3.05) is 13.1 Å². The van der Waals surface area contributed by atoms with Gasteiger partial charge in [-0.05, 0) is 56.9 Å². The molecule has 1 aliphatic heterocycles. The zero-order chi connectivity index (χ0) is 21.8. The van der Waals surface area contributed by atoms with Crippen LogP contribution >= 0.6 is 0 Å². The lowest BCUT2D eigenvalue weighted by atomic mass is 9.98. The number of para-hydroxylation sites is 2. The molecule has 4 rings (SSSR count). The van der Waals surface area contributed by atoms with E-state index in [9.17, 15) is 9.59 Å². The second kappa shape index (κ2) is 9.33. The number of rotatable bonds is 6. The first-order chi connectivity index (χ1) is 15.1. The van der Waals surface area contributed by atoms with Crippen molar-refractivity contribution in [2.24, 2.45) is 0 Å². The van der Waals surface area contributed by atoms with Crippen LogP contribution in [0.1, 0.15) is 47.9 Å². The molecule has 2 heterocycles. The summed E-state index contributed by atoms with van der Waals surface area (Å²) in [6.07, 6.45) is 3.26. The number of carbonyl (C=O) groups excluding carboxylic acids is 2. The third kappa shape index (κ3) is 4.33. The van der Waals surface area contributed by atoms with E-state index >= 15 is 0 Å². The van der Waals surface area contributed by atoms with Crippen molar-refractivity contribution in [3.05, 3.63) is 65.5 Å². The highest BCUT2D eigenvalue weighted by molar-refractivity contribution is 5.98. The van der Waals surface area contributed by atoms with Gasteiger partial charge < -0.3 is 14.8 Å². The number of aryl methyl sites for hydroxylation is 2. The molecule has 3 aromatic rings. The van der Waals surface area contributed by atoms with Crippen molar-refractivity contribution < 1.29 is 9.59 Å². The van der Waals surface area contributed by atoms with E-state index in [-0.39, 0.29) is 11.8 Å². The number of likely N-dealkylation sites (tertiary alicyclic amines) is 1. The lowest BCUT2D eigenvalue weighted by molar-refractivity contribution is -0.126. The van der Waals surface area contributed by atoms with Crippen LogP contribution in [0.15, 0.2) is 48.5 Å². The van der Waals surface area contributed by atoms with Gasteiger partial charge in [-0.3, -0.25) is 9.59 Å². The molecule has 0 spiro atoms. The molecular formula is C25H30N4O2. The summed E-state index contributed by atoms with van der Waals surface area (Å²) in [6, 6.07) is 15.3. The molecular weight excluding hydrogens is 388 g/mol. The van der Waals surface area contributed by atoms with Gasteiger partial charge in [0.2, 0.25) is 5.91 Å². The largest absolute Gasteiger partial charge is 0.354 e.